The number of hydrogen-bond acceptors (Lipinski definition) is 0. The van der Waals surface area contributed by atoms with Gasteiger partial charge in [-0.25, -0.2) is 23.2 Å². The molecular weight excluding hydrogens is 401 g/mol. The summed E-state index contributed by atoms with van der Waals surface area (Å²) in [6, 6.07) is 16.9. The first-order chi connectivity index (χ1) is 14.3. The van der Waals surface area contributed by atoms with Crippen molar-refractivity contribution in [3.8, 4) is 11.1 Å². The molecule has 30 heavy (non-hydrogen) atoms. The molecule has 3 aromatic rings. The van der Waals surface area contributed by atoms with Crippen LogP contribution in [0, 0.1) is 17.5 Å². The van der Waals surface area contributed by atoms with Crippen LogP contribution in [-0.2, 0) is 12.2 Å². The number of unbranched alkanes of at least 4 members (excludes halogenated alkanes) is 2. The van der Waals surface area contributed by atoms with Gasteiger partial charge in [-0.3, -0.25) is 0 Å². The summed E-state index contributed by atoms with van der Waals surface area (Å²) in [6.07, 6.45) is 8.35. The largest absolute Gasteiger partial charge is 0.211 e. The molecule has 3 rings (SSSR count). The van der Waals surface area contributed by atoms with E-state index in [2.05, 4.69) is 6.92 Å². The summed E-state index contributed by atoms with van der Waals surface area (Å²) in [4.78, 5) is 0.145. The van der Waals surface area contributed by atoms with Crippen LogP contribution in [0.5, 0.6) is 0 Å². The zero-order chi connectivity index (χ0) is 21.7. The predicted octanol–water partition coefficient (Wildman–Crippen LogP) is 8.13. The summed E-state index contributed by atoms with van der Waals surface area (Å²) in [5.74, 6) is -0.852. The van der Waals surface area contributed by atoms with Crippen LogP contribution in [0.4, 0.5) is 13.2 Å². The fourth-order valence-corrected chi connectivity index (χ4v) is 6.11. The molecule has 0 radical (unpaired) electrons. The lowest BCUT2D eigenvalue weighted by molar-refractivity contribution is 0.539. The molecule has 4 heteroatoms. The summed E-state index contributed by atoms with van der Waals surface area (Å²) >= 11 is 0. The van der Waals surface area contributed by atoms with E-state index in [9.17, 15) is 4.39 Å². The zero-order valence-electron chi connectivity index (χ0n) is 17.9. The molecule has 0 bridgehead atoms. The van der Waals surface area contributed by atoms with E-state index in [0.717, 1.165) is 24.0 Å². The Labute approximate surface area is 179 Å². The normalized spacial score (nSPS) is 12.2. The summed E-state index contributed by atoms with van der Waals surface area (Å²) in [6.45, 7) is 2.18. The Bertz CT molecular complexity index is 953. The topological polar surface area (TPSA) is 0 Å². The second-order valence-corrected chi connectivity index (χ2v) is 12.0. The molecule has 0 saturated heterocycles. The van der Waals surface area contributed by atoms with Gasteiger partial charge in [0, 0.05) is 5.75 Å². The molecule has 3 aromatic carbocycles. The van der Waals surface area contributed by atoms with Gasteiger partial charge in [-0.15, -0.1) is 0 Å². The maximum absolute atomic E-state index is 15.1. The van der Waals surface area contributed by atoms with Crippen molar-refractivity contribution in [2.24, 2.45) is 0 Å². The lowest BCUT2D eigenvalue weighted by Gasteiger charge is -2.32. The maximum Gasteiger partial charge on any atom is 0.138 e. The molecule has 0 fully saturated rings. The number of benzene rings is 3. The molecule has 0 aromatic heterocycles. The van der Waals surface area contributed by atoms with Crippen LogP contribution in [-0.4, -0.2) is 12.5 Å². The third-order valence-corrected chi connectivity index (χ3v) is 7.90. The lowest BCUT2D eigenvalue weighted by Crippen LogP contribution is -2.06. The van der Waals surface area contributed by atoms with Crippen molar-refractivity contribution in [2.75, 3.05) is 12.5 Å². The highest BCUT2D eigenvalue weighted by atomic mass is 32.3. The van der Waals surface area contributed by atoms with Gasteiger partial charge in [0.05, 0.1) is 4.90 Å². The standard InChI is InChI=1S/C26H29F3S/c1-4-5-6-7-19-8-12-21(13-9-19)22-16-24(28)26(25(29)17-22)30(2,3)18-20-10-14-23(27)15-11-20/h8-17H,4-7,18H2,1-3H3. The van der Waals surface area contributed by atoms with E-state index in [4.69, 9.17) is 0 Å². The second-order valence-electron chi connectivity index (χ2n) is 8.23. The molecule has 160 valence electrons. The molecule has 0 aliphatic carbocycles. The van der Waals surface area contributed by atoms with Crippen LogP contribution in [0.15, 0.2) is 65.6 Å². The summed E-state index contributed by atoms with van der Waals surface area (Å²) in [7, 11) is -1.78. The van der Waals surface area contributed by atoms with Crippen molar-refractivity contribution in [2.45, 2.75) is 43.3 Å². The van der Waals surface area contributed by atoms with Crippen molar-refractivity contribution in [1.29, 1.82) is 0 Å². The first-order valence-electron chi connectivity index (χ1n) is 10.3. The van der Waals surface area contributed by atoms with Gasteiger partial charge in [-0.2, -0.15) is 0 Å². The van der Waals surface area contributed by atoms with E-state index >= 15 is 8.78 Å². The molecule has 0 saturated carbocycles. The number of rotatable bonds is 8. The van der Waals surface area contributed by atoms with Gasteiger partial charge in [0.1, 0.15) is 17.5 Å². The summed E-state index contributed by atoms with van der Waals surface area (Å²) in [5.41, 5.74) is 3.48. The number of halogens is 3. The Morgan fingerprint density at radius 1 is 0.700 bits per heavy atom. The van der Waals surface area contributed by atoms with Crippen LogP contribution in [0.1, 0.15) is 37.3 Å². The van der Waals surface area contributed by atoms with Crippen molar-refractivity contribution in [3.05, 3.63) is 89.2 Å². The smallest absolute Gasteiger partial charge is 0.138 e. The predicted molar refractivity (Wildman–Crippen MR) is 123 cm³/mol. The van der Waals surface area contributed by atoms with Crippen LogP contribution in [0.3, 0.4) is 0 Å². The molecule has 0 unspecified atom stereocenters. The van der Waals surface area contributed by atoms with Gasteiger partial charge in [0.25, 0.3) is 0 Å². The van der Waals surface area contributed by atoms with Gasteiger partial charge in [0.2, 0.25) is 0 Å². The highest BCUT2D eigenvalue weighted by Crippen LogP contribution is 2.54. The Hall–Kier alpha value is -2.20. The summed E-state index contributed by atoms with van der Waals surface area (Å²) < 4.78 is 43.3. The Morgan fingerprint density at radius 2 is 1.27 bits per heavy atom. The minimum Gasteiger partial charge on any atom is -0.211 e. The minimum atomic E-state index is -1.78. The summed E-state index contributed by atoms with van der Waals surface area (Å²) in [5, 5.41) is 0. The van der Waals surface area contributed by atoms with E-state index < -0.39 is 21.7 Å². The molecule has 0 aliphatic rings. The van der Waals surface area contributed by atoms with Crippen LogP contribution >= 0.6 is 10.0 Å². The molecule has 0 N–H and O–H groups in total. The zero-order valence-corrected chi connectivity index (χ0v) is 18.7. The van der Waals surface area contributed by atoms with E-state index in [-0.39, 0.29) is 10.7 Å². The third-order valence-electron chi connectivity index (χ3n) is 5.35. The Balaban J connectivity index is 1.83. The average molecular weight is 431 g/mol. The number of aryl methyl sites for hydroxylation is 1. The molecule has 0 aliphatic heterocycles. The second kappa shape index (κ2) is 9.74. The fourth-order valence-electron chi connectivity index (χ4n) is 3.77. The molecule has 0 spiro atoms. The van der Waals surface area contributed by atoms with E-state index in [0.29, 0.717) is 11.3 Å². The first-order valence-corrected chi connectivity index (χ1v) is 13.0. The van der Waals surface area contributed by atoms with Crippen molar-refractivity contribution < 1.29 is 13.2 Å². The third kappa shape index (κ3) is 5.48. The Morgan fingerprint density at radius 3 is 1.83 bits per heavy atom. The first kappa shape index (κ1) is 22.5. The highest BCUT2D eigenvalue weighted by Gasteiger charge is 2.25. The molecule has 0 heterocycles. The maximum atomic E-state index is 15.1. The van der Waals surface area contributed by atoms with E-state index in [1.807, 2.05) is 36.8 Å². The molecular formula is C26H29F3S. The quantitative estimate of drug-likeness (QED) is 0.317. The molecule has 0 atom stereocenters. The molecule has 0 nitrogen and oxygen atoms in total. The Kier molecular flexibility index (Phi) is 7.30. The van der Waals surface area contributed by atoms with Crippen molar-refractivity contribution in [3.63, 3.8) is 0 Å². The van der Waals surface area contributed by atoms with E-state index in [1.165, 1.54) is 42.7 Å². The number of hydrogen-bond donors (Lipinski definition) is 0. The monoisotopic (exact) mass is 430 g/mol. The van der Waals surface area contributed by atoms with E-state index in [1.54, 1.807) is 12.1 Å². The SMILES string of the molecule is CCCCCc1ccc(-c2cc(F)c(S(C)(C)Cc3ccc(F)cc3)c(F)c2)cc1. The fraction of sp³-hybridized carbons (Fsp3) is 0.308. The highest BCUT2D eigenvalue weighted by molar-refractivity contribution is 8.32. The lowest BCUT2D eigenvalue weighted by atomic mass is 10.0. The van der Waals surface area contributed by atoms with Gasteiger partial charge in [0.15, 0.2) is 0 Å². The average Bonchev–Trinajstić information content (AvgIpc) is 2.69. The van der Waals surface area contributed by atoms with Crippen molar-refractivity contribution >= 4 is 10.0 Å². The van der Waals surface area contributed by atoms with Crippen LogP contribution in [0.25, 0.3) is 11.1 Å². The van der Waals surface area contributed by atoms with Gasteiger partial charge in [-0.05, 0) is 71.9 Å². The van der Waals surface area contributed by atoms with Gasteiger partial charge >= 0.3 is 0 Å². The minimum absolute atomic E-state index is 0.145. The van der Waals surface area contributed by atoms with Crippen molar-refractivity contribution in [1.82, 2.24) is 0 Å². The van der Waals surface area contributed by atoms with Crippen LogP contribution < -0.4 is 0 Å². The van der Waals surface area contributed by atoms with Gasteiger partial charge in [-0.1, -0.05) is 56.2 Å². The van der Waals surface area contributed by atoms with Gasteiger partial charge < -0.3 is 0 Å². The molecule has 0 amide bonds. The van der Waals surface area contributed by atoms with Crippen LogP contribution in [0.2, 0.25) is 0 Å².